The molecule has 8 heteroatoms. The largest absolute Gasteiger partial charge is 0.246 e. The zero-order chi connectivity index (χ0) is 15.0. The molecule has 0 amide bonds. The fourth-order valence-electron chi connectivity index (χ4n) is 2.16. The van der Waals surface area contributed by atoms with Gasteiger partial charge in [-0.25, -0.2) is 21.2 Å². The van der Waals surface area contributed by atoms with Crippen LogP contribution in [0, 0.1) is 5.82 Å². The molecule has 0 aromatic heterocycles. The van der Waals surface area contributed by atoms with Crippen molar-refractivity contribution in [1.82, 2.24) is 4.31 Å². The second-order valence-electron chi connectivity index (χ2n) is 4.83. The van der Waals surface area contributed by atoms with E-state index in [0.717, 1.165) is 43.7 Å². The molecule has 0 bridgehead atoms. The molecule has 0 N–H and O–H groups in total. The highest BCUT2D eigenvalue weighted by Crippen LogP contribution is 2.25. The van der Waals surface area contributed by atoms with Crippen LogP contribution < -0.4 is 0 Å². The molecular formula is C12H16FNO4S2. The summed E-state index contributed by atoms with van der Waals surface area (Å²) >= 11 is 0. The molecule has 2 rings (SSSR count). The molecule has 5 nitrogen and oxygen atoms in total. The predicted molar refractivity (Wildman–Crippen MR) is 72.1 cm³/mol. The van der Waals surface area contributed by atoms with Gasteiger partial charge < -0.3 is 0 Å². The summed E-state index contributed by atoms with van der Waals surface area (Å²) in [5, 5.41) is 0. The van der Waals surface area contributed by atoms with Crippen LogP contribution in [0.2, 0.25) is 0 Å². The number of sulfonamides is 1. The van der Waals surface area contributed by atoms with Crippen molar-refractivity contribution in [3.8, 4) is 0 Å². The second-order valence-corrected chi connectivity index (χ2v) is 8.75. The lowest BCUT2D eigenvalue weighted by Gasteiger charge is -2.26. The number of rotatable bonds is 3. The molecule has 0 saturated carbocycles. The minimum atomic E-state index is -3.98. The highest BCUT2D eigenvalue weighted by Gasteiger charge is 2.29. The van der Waals surface area contributed by atoms with Crippen molar-refractivity contribution < 1.29 is 21.2 Å². The number of nitrogens with zero attached hydrogens (tertiary/aromatic N) is 1. The quantitative estimate of drug-likeness (QED) is 0.789. The molecule has 0 unspecified atom stereocenters. The maximum Gasteiger partial charge on any atom is 0.246 e. The van der Waals surface area contributed by atoms with Crippen molar-refractivity contribution >= 4 is 19.9 Å². The van der Waals surface area contributed by atoms with Crippen molar-refractivity contribution in [3.63, 3.8) is 0 Å². The SMILES string of the molecule is CS(=O)(=O)c1ccc(F)c(S(=O)(=O)N2CCCCC2)c1. The Labute approximate surface area is 118 Å². The van der Waals surface area contributed by atoms with Gasteiger partial charge in [-0.15, -0.1) is 0 Å². The van der Waals surface area contributed by atoms with Gasteiger partial charge in [0.2, 0.25) is 10.0 Å². The van der Waals surface area contributed by atoms with Crippen LogP contribution >= 0.6 is 0 Å². The summed E-state index contributed by atoms with van der Waals surface area (Å²) in [6.07, 6.45) is 3.36. The van der Waals surface area contributed by atoms with E-state index in [1.54, 1.807) is 0 Å². The summed E-state index contributed by atoms with van der Waals surface area (Å²) in [6.45, 7) is 0.676. The Kier molecular flexibility index (Phi) is 4.17. The summed E-state index contributed by atoms with van der Waals surface area (Å²) in [5.41, 5.74) is 0. The number of piperidine rings is 1. The Morgan fingerprint density at radius 2 is 1.65 bits per heavy atom. The minimum Gasteiger partial charge on any atom is -0.224 e. The third-order valence-corrected chi connectivity index (χ3v) is 6.29. The molecule has 112 valence electrons. The lowest BCUT2D eigenvalue weighted by molar-refractivity contribution is 0.345. The standard InChI is InChI=1S/C12H16FNO4S2/c1-19(15,16)10-5-6-11(13)12(9-10)20(17,18)14-7-3-2-4-8-14/h5-6,9H,2-4,7-8H2,1H3. The van der Waals surface area contributed by atoms with E-state index in [-0.39, 0.29) is 4.90 Å². The van der Waals surface area contributed by atoms with Gasteiger partial charge >= 0.3 is 0 Å². The van der Waals surface area contributed by atoms with Crippen LogP contribution in [0.3, 0.4) is 0 Å². The van der Waals surface area contributed by atoms with Gasteiger partial charge in [0.1, 0.15) is 10.7 Å². The van der Waals surface area contributed by atoms with Gasteiger partial charge in [-0.05, 0) is 31.0 Å². The molecule has 1 aliphatic rings. The number of benzene rings is 1. The van der Waals surface area contributed by atoms with Crippen molar-refractivity contribution in [2.45, 2.75) is 29.1 Å². The molecule has 1 aliphatic heterocycles. The van der Waals surface area contributed by atoms with Crippen LogP contribution in [0.1, 0.15) is 19.3 Å². The van der Waals surface area contributed by atoms with Gasteiger partial charge in [-0.2, -0.15) is 4.31 Å². The van der Waals surface area contributed by atoms with Crippen LogP contribution in [-0.4, -0.2) is 40.5 Å². The Balaban J connectivity index is 2.50. The van der Waals surface area contributed by atoms with E-state index < -0.39 is 30.6 Å². The van der Waals surface area contributed by atoms with Crippen LogP contribution in [-0.2, 0) is 19.9 Å². The van der Waals surface area contributed by atoms with Crippen LogP contribution in [0.15, 0.2) is 28.0 Å². The summed E-state index contributed by atoms with van der Waals surface area (Å²) < 4.78 is 62.7. The molecular weight excluding hydrogens is 305 g/mol. The number of hydrogen-bond donors (Lipinski definition) is 0. The Bertz CT molecular complexity index is 707. The molecule has 0 spiro atoms. The number of halogens is 1. The van der Waals surface area contributed by atoms with Crippen LogP contribution in [0.25, 0.3) is 0 Å². The lowest BCUT2D eigenvalue weighted by Crippen LogP contribution is -2.36. The average Bonchev–Trinajstić information content (AvgIpc) is 2.38. The summed E-state index contributed by atoms with van der Waals surface area (Å²) in [7, 11) is -7.56. The first-order valence-corrected chi connectivity index (χ1v) is 9.56. The molecule has 1 fully saturated rings. The highest BCUT2D eigenvalue weighted by molar-refractivity contribution is 7.91. The van der Waals surface area contributed by atoms with E-state index in [0.29, 0.717) is 13.1 Å². The van der Waals surface area contributed by atoms with Crippen LogP contribution in [0.4, 0.5) is 4.39 Å². The maximum atomic E-state index is 13.8. The van der Waals surface area contributed by atoms with E-state index in [4.69, 9.17) is 0 Å². The molecule has 0 aliphatic carbocycles. The first-order valence-electron chi connectivity index (χ1n) is 6.23. The maximum absolute atomic E-state index is 13.8. The van der Waals surface area contributed by atoms with E-state index in [1.165, 1.54) is 4.31 Å². The molecule has 1 aromatic carbocycles. The highest BCUT2D eigenvalue weighted by atomic mass is 32.2. The summed E-state index contributed by atoms with van der Waals surface area (Å²) in [4.78, 5) is -0.767. The molecule has 1 aromatic rings. The molecule has 0 radical (unpaired) electrons. The Hall–Kier alpha value is -0.990. The fourth-order valence-corrected chi connectivity index (χ4v) is 4.49. The zero-order valence-electron chi connectivity index (χ0n) is 11.0. The molecule has 1 heterocycles. The van der Waals surface area contributed by atoms with Gasteiger partial charge in [0.25, 0.3) is 0 Å². The smallest absolute Gasteiger partial charge is 0.224 e. The topological polar surface area (TPSA) is 71.5 Å². The van der Waals surface area contributed by atoms with E-state index in [2.05, 4.69) is 0 Å². The minimum absolute atomic E-state index is 0.200. The molecule has 1 saturated heterocycles. The second kappa shape index (κ2) is 5.42. The number of hydrogen-bond acceptors (Lipinski definition) is 4. The first kappa shape index (κ1) is 15.4. The summed E-state index contributed by atoms with van der Waals surface area (Å²) in [5.74, 6) is -0.928. The third-order valence-electron chi connectivity index (χ3n) is 3.26. The monoisotopic (exact) mass is 321 g/mol. The van der Waals surface area contributed by atoms with E-state index >= 15 is 0 Å². The van der Waals surface area contributed by atoms with Gasteiger partial charge in [-0.1, -0.05) is 6.42 Å². The van der Waals surface area contributed by atoms with Gasteiger partial charge in [0, 0.05) is 19.3 Å². The van der Waals surface area contributed by atoms with E-state index in [1.807, 2.05) is 0 Å². The van der Waals surface area contributed by atoms with Crippen molar-refractivity contribution in [3.05, 3.63) is 24.0 Å². The lowest BCUT2D eigenvalue weighted by atomic mass is 10.2. The zero-order valence-corrected chi connectivity index (χ0v) is 12.7. The summed E-state index contributed by atoms with van der Waals surface area (Å²) in [6, 6.07) is 2.85. The van der Waals surface area contributed by atoms with Gasteiger partial charge in [-0.3, -0.25) is 0 Å². The van der Waals surface area contributed by atoms with Crippen molar-refractivity contribution in [1.29, 1.82) is 0 Å². The molecule has 0 atom stereocenters. The fraction of sp³-hybridized carbons (Fsp3) is 0.500. The average molecular weight is 321 g/mol. The number of sulfone groups is 1. The third kappa shape index (κ3) is 3.02. The van der Waals surface area contributed by atoms with Crippen molar-refractivity contribution in [2.75, 3.05) is 19.3 Å². The van der Waals surface area contributed by atoms with Gasteiger partial charge in [0.15, 0.2) is 9.84 Å². The predicted octanol–water partition coefficient (Wildman–Crippen LogP) is 1.40. The Morgan fingerprint density at radius 3 is 2.20 bits per heavy atom. The van der Waals surface area contributed by atoms with E-state index in [9.17, 15) is 21.2 Å². The molecule has 20 heavy (non-hydrogen) atoms. The normalized spacial score (nSPS) is 18.1. The van der Waals surface area contributed by atoms with Crippen LogP contribution in [0.5, 0.6) is 0 Å². The van der Waals surface area contributed by atoms with Crippen molar-refractivity contribution in [2.24, 2.45) is 0 Å². The Morgan fingerprint density at radius 1 is 1.05 bits per heavy atom. The first-order chi connectivity index (χ1) is 9.23. The van der Waals surface area contributed by atoms with Gasteiger partial charge in [0.05, 0.1) is 4.90 Å².